The Kier molecular flexibility index (Phi) is 2.36. The highest BCUT2D eigenvalue weighted by Gasteiger charge is 2.06. The van der Waals surface area contributed by atoms with Crippen molar-refractivity contribution in [2.75, 3.05) is 7.11 Å². The number of H-pyrrole nitrogens is 1. The standard InChI is InChI=1S/C10H7ClFNO2/c1-15-9-3-5-2-6(11)7(12)4-8(5)13-10(9)14/h2-4H,1H3,(H,13,14). The Balaban J connectivity index is 2.82. The molecule has 1 aromatic heterocycles. The summed E-state index contributed by atoms with van der Waals surface area (Å²) in [5.74, 6) is -0.393. The number of hydrogen-bond acceptors (Lipinski definition) is 2. The fourth-order valence-corrected chi connectivity index (χ4v) is 1.50. The van der Waals surface area contributed by atoms with Crippen molar-refractivity contribution < 1.29 is 9.13 Å². The summed E-state index contributed by atoms with van der Waals surface area (Å²) in [4.78, 5) is 13.8. The van der Waals surface area contributed by atoms with Crippen LogP contribution in [-0.2, 0) is 0 Å². The Morgan fingerprint density at radius 2 is 2.13 bits per heavy atom. The van der Waals surface area contributed by atoms with Gasteiger partial charge in [0.1, 0.15) is 5.82 Å². The highest BCUT2D eigenvalue weighted by molar-refractivity contribution is 6.31. The molecular formula is C10H7ClFNO2. The summed E-state index contributed by atoms with van der Waals surface area (Å²) in [7, 11) is 1.39. The third-order valence-corrected chi connectivity index (χ3v) is 2.36. The first-order valence-corrected chi connectivity index (χ1v) is 4.55. The van der Waals surface area contributed by atoms with E-state index in [2.05, 4.69) is 4.98 Å². The van der Waals surface area contributed by atoms with Crippen LogP contribution in [0.5, 0.6) is 5.75 Å². The van der Waals surface area contributed by atoms with Gasteiger partial charge in [0.15, 0.2) is 5.75 Å². The quantitative estimate of drug-likeness (QED) is 0.813. The number of halogens is 2. The number of aromatic nitrogens is 1. The lowest BCUT2D eigenvalue weighted by Gasteiger charge is -2.02. The van der Waals surface area contributed by atoms with E-state index in [1.165, 1.54) is 25.3 Å². The second kappa shape index (κ2) is 3.55. The van der Waals surface area contributed by atoms with Crippen molar-refractivity contribution in [1.82, 2.24) is 4.98 Å². The van der Waals surface area contributed by atoms with Crippen LogP contribution in [0.25, 0.3) is 10.9 Å². The maximum absolute atomic E-state index is 13.1. The van der Waals surface area contributed by atoms with Gasteiger partial charge in [-0.25, -0.2) is 4.39 Å². The minimum Gasteiger partial charge on any atom is -0.491 e. The van der Waals surface area contributed by atoms with E-state index in [4.69, 9.17) is 16.3 Å². The molecule has 0 fully saturated rings. The molecule has 1 N–H and O–H groups in total. The molecule has 0 bridgehead atoms. The van der Waals surface area contributed by atoms with Crippen molar-refractivity contribution in [2.24, 2.45) is 0 Å². The Hall–Kier alpha value is -1.55. The summed E-state index contributed by atoms with van der Waals surface area (Å²) in [5.41, 5.74) is -0.00516. The molecule has 3 nitrogen and oxygen atoms in total. The van der Waals surface area contributed by atoms with Gasteiger partial charge in [0, 0.05) is 5.39 Å². The van der Waals surface area contributed by atoms with Gasteiger partial charge in [0.2, 0.25) is 0 Å². The zero-order valence-electron chi connectivity index (χ0n) is 7.80. The average molecular weight is 228 g/mol. The lowest BCUT2D eigenvalue weighted by atomic mass is 10.2. The maximum atomic E-state index is 13.1. The molecule has 0 spiro atoms. The van der Waals surface area contributed by atoms with E-state index in [0.717, 1.165) is 0 Å². The monoisotopic (exact) mass is 227 g/mol. The van der Waals surface area contributed by atoms with Crippen molar-refractivity contribution in [3.05, 3.63) is 39.4 Å². The summed E-state index contributed by atoms with van der Waals surface area (Å²) < 4.78 is 17.9. The number of benzene rings is 1. The van der Waals surface area contributed by atoms with Gasteiger partial charge < -0.3 is 9.72 Å². The second-order valence-electron chi connectivity index (χ2n) is 3.02. The molecule has 0 aliphatic heterocycles. The van der Waals surface area contributed by atoms with E-state index < -0.39 is 11.4 Å². The van der Waals surface area contributed by atoms with E-state index in [-0.39, 0.29) is 10.8 Å². The fourth-order valence-electron chi connectivity index (χ4n) is 1.33. The Labute approximate surface area is 89.4 Å². The molecule has 2 rings (SSSR count). The Morgan fingerprint density at radius 1 is 1.40 bits per heavy atom. The predicted molar refractivity (Wildman–Crippen MR) is 56.1 cm³/mol. The summed E-state index contributed by atoms with van der Waals surface area (Å²) >= 11 is 5.62. The fraction of sp³-hybridized carbons (Fsp3) is 0.100. The average Bonchev–Trinajstić information content (AvgIpc) is 2.20. The zero-order chi connectivity index (χ0) is 11.0. The normalized spacial score (nSPS) is 10.6. The van der Waals surface area contributed by atoms with Crippen molar-refractivity contribution in [2.45, 2.75) is 0 Å². The Bertz CT molecular complexity index is 579. The predicted octanol–water partition coefficient (Wildman–Crippen LogP) is 2.33. The molecule has 1 heterocycles. The van der Waals surface area contributed by atoms with Crippen LogP contribution >= 0.6 is 11.6 Å². The van der Waals surface area contributed by atoms with E-state index in [1.54, 1.807) is 0 Å². The van der Waals surface area contributed by atoms with E-state index in [1.807, 2.05) is 0 Å². The van der Waals surface area contributed by atoms with Crippen LogP contribution in [0.1, 0.15) is 0 Å². The van der Waals surface area contributed by atoms with Gasteiger partial charge in [-0.3, -0.25) is 4.79 Å². The largest absolute Gasteiger partial charge is 0.491 e. The molecule has 2 aromatic rings. The zero-order valence-corrected chi connectivity index (χ0v) is 8.56. The molecule has 0 saturated heterocycles. The van der Waals surface area contributed by atoms with Crippen LogP contribution in [0.2, 0.25) is 5.02 Å². The van der Waals surface area contributed by atoms with Crippen LogP contribution in [0.15, 0.2) is 23.0 Å². The van der Waals surface area contributed by atoms with Crippen LogP contribution in [-0.4, -0.2) is 12.1 Å². The van der Waals surface area contributed by atoms with E-state index in [0.29, 0.717) is 10.9 Å². The van der Waals surface area contributed by atoms with Gasteiger partial charge in [-0.2, -0.15) is 0 Å². The number of rotatable bonds is 1. The highest BCUT2D eigenvalue weighted by Crippen LogP contribution is 2.22. The number of pyridine rings is 1. The van der Waals surface area contributed by atoms with Gasteiger partial charge in [0.05, 0.1) is 17.6 Å². The summed E-state index contributed by atoms with van der Waals surface area (Å²) in [6.45, 7) is 0. The molecule has 0 radical (unpaired) electrons. The number of aromatic amines is 1. The molecule has 0 amide bonds. The third-order valence-electron chi connectivity index (χ3n) is 2.07. The number of nitrogens with one attached hydrogen (secondary N) is 1. The van der Waals surface area contributed by atoms with Crippen LogP contribution < -0.4 is 10.3 Å². The minimum absolute atomic E-state index is 0.0107. The number of ether oxygens (including phenoxy) is 1. The van der Waals surface area contributed by atoms with Gasteiger partial charge >= 0.3 is 0 Å². The lowest BCUT2D eigenvalue weighted by molar-refractivity contribution is 0.409. The van der Waals surface area contributed by atoms with Crippen molar-refractivity contribution in [3.63, 3.8) is 0 Å². The molecule has 0 saturated carbocycles. The Morgan fingerprint density at radius 3 is 2.80 bits per heavy atom. The summed E-state index contributed by atoms with van der Waals surface area (Å²) in [6, 6.07) is 4.13. The van der Waals surface area contributed by atoms with E-state index >= 15 is 0 Å². The molecule has 78 valence electrons. The van der Waals surface area contributed by atoms with Crippen LogP contribution in [0.4, 0.5) is 4.39 Å². The van der Waals surface area contributed by atoms with Gasteiger partial charge in [-0.15, -0.1) is 0 Å². The summed E-state index contributed by atoms with van der Waals surface area (Å²) in [5, 5.41) is 0.634. The number of fused-ring (bicyclic) bond motifs is 1. The number of methoxy groups -OCH3 is 1. The molecular weight excluding hydrogens is 221 g/mol. The van der Waals surface area contributed by atoms with Crippen LogP contribution in [0.3, 0.4) is 0 Å². The number of hydrogen-bond donors (Lipinski definition) is 1. The molecule has 15 heavy (non-hydrogen) atoms. The minimum atomic E-state index is -0.565. The highest BCUT2D eigenvalue weighted by atomic mass is 35.5. The van der Waals surface area contributed by atoms with Gasteiger partial charge in [-0.05, 0) is 18.2 Å². The second-order valence-corrected chi connectivity index (χ2v) is 3.43. The van der Waals surface area contributed by atoms with Crippen molar-refractivity contribution >= 4 is 22.5 Å². The molecule has 0 aliphatic rings. The first-order valence-electron chi connectivity index (χ1n) is 4.18. The smallest absolute Gasteiger partial charge is 0.290 e. The van der Waals surface area contributed by atoms with Gasteiger partial charge in [0.25, 0.3) is 5.56 Å². The molecule has 1 aromatic carbocycles. The molecule has 5 heteroatoms. The maximum Gasteiger partial charge on any atom is 0.290 e. The molecule has 0 aliphatic carbocycles. The molecule has 0 atom stereocenters. The topological polar surface area (TPSA) is 42.1 Å². The first-order chi connectivity index (χ1) is 7.11. The van der Waals surface area contributed by atoms with E-state index in [9.17, 15) is 9.18 Å². The van der Waals surface area contributed by atoms with Crippen LogP contribution in [0, 0.1) is 5.82 Å². The van der Waals surface area contributed by atoms with Crippen molar-refractivity contribution in [3.8, 4) is 5.75 Å². The first kappa shape index (κ1) is 9.98. The van der Waals surface area contributed by atoms with Gasteiger partial charge in [-0.1, -0.05) is 11.6 Å². The van der Waals surface area contributed by atoms with Crippen molar-refractivity contribution in [1.29, 1.82) is 0 Å². The molecule has 0 unspecified atom stereocenters. The summed E-state index contributed by atoms with van der Waals surface area (Å²) in [6.07, 6.45) is 0. The SMILES string of the molecule is COc1cc2cc(Cl)c(F)cc2[nH]c1=O. The third kappa shape index (κ3) is 1.68. The lowest BCUT2D eigenvalue weighted by Crippen LogP contribution is -2.08.